The molecule has 0 aliphatic heterocycles. The lowest BCUT2D eigenvalue weighted by molar-refractivity contribution is 0.626. The molecule has 0 radical (unpaired) electrons. The van der Waals surface area contributed by atoms with Crippen molar-refractivity contribution in [1.29, 1.82) is 0 Å². The first-order chi connectivity index (χ1) is 7.58. The minimum atomic E-state index is -0.734. The average Bonchev–Trinajstić information content (AvgIpc) is 2.15. The zero-order chi connectivity index (χ0) is 11.7. The monoisotopic (exact) mass is 259 g/mol. The summed E-state index contributed by atoms with van der Waals surface area (Å²) in [5.41, 5.74) is -0.926. The van der Waals surface area contributed by atoms with Gasteiger partial charge < -0.3 is 4.98 Å². The Morgan fingerprint density at radius 1 is 1.25 bits per heavy atom. The molecule has 1 N–H and O–H groups in total. The Bertz CT molecular complexity index is 579. The van der Waals surface area contributed by atoms with Gasteiger partial charge in [0.15, 0.2) is 5.82 Å². The third-order valence-corrected chi connectivity index (χ3v) is 2.18. The van der Waals surface area contributed by atoms with Crippen LogP contribution >= 0.6 is 23.2 Å². The molecule has 0 bridgehead atoms. The predicted molar refractivity (Wildman–Crippen MR) is 58.1 cm³/mol. The molecule has 0 amide bonds. The maximum Gasteiger partial charge on any atom is 0.262 e. The van der Waals surface area contributed by atoms with Gasteiger partial charge in [-0.15, -0.1) is 0 Å². The van der Waals surface area contributed by atoms with E-state index in [1.807, 2.05) is 0 Å². The Balaban J connectivity index is 2.72. The third kappa shape index (κ3) is 2.05. The predicted octanol–water partition coefficient (Wildman–Crippen LogP) is 2.28. The summed E-state index contributed by atoms with van der Waals surface area (Å²) in [5, 5.41) is 0.0790. The van der Waals surface area contributed by atoms with Gasteiger partial charge >= 0.3 is 0 Å². The molecule has 2 aromatic rings. The normalized spacial score (nSPS) is 10.4. The first-order valence-electron chi connectivity index (χ1n) is 4.15. The number of aromatic amines is 1. The van der Waals surface area contributed by atoms with Crippen LogP contribution in [0.15, 0.2) is 23.1 Å². The van der Waals surface area contributed by atoms with Gasteiger partial charge in [0, 0.05) is 12.3 Å². The molecule has 0 fully saturated rings. The molecule has 7 heteroatoms. The summed E-state index contributed by atoms with van der Waals surface area (Å²) in [7, 11) is 0. The quantitative estimate of drug-likeness (QED) is 0.800. The lowest BCUT2D eigenvalue weighted by Crippen LogP contribution is -2.12. The highest BCUT2D eigenvalue weighted by molar-refractivity contribution is 6.33. The average molecular weight is 260 g/mol. The van der Waals surface area contributed by atoms with Crippen LogP contribution < -0.4 is 5.56 Å². The Labute approximate surface area is 99.1 Å². The van der Waals surface area contributed by atoms with Crippen molar-refractivity contribution in [2.45, 2.75) is 0 Å². The first-order valence-corrected chi connectivity index (χ1v) is 4.91. The number of H-pyrrole nitrogens is 1. The van der Waals surface area contributed by atoms with Gasteiger partial charge in [0.2, 0.25) is 0 Å². The molecule has 0 saturated carbocycles. The lowest BCUT2D eigenvalue weighted by atomic mass is 10.2. The van der Waals surface area contributed by atoms with E-state index in [0.29, 0.717) is 0 Å². The topological polar surface area (TPSA) is 58.6 Å². The highest BCUT2D eigenvalue weighted by Gasteiger charge is 2.13. The summed E-state index contributed by atoms with van der Waals surface area (Å²) in [5.74, 6) is -0.876. The molecule has 0 spiro atoms. The largest absolute Gasteiger partial charge is 0.328 e. The Hall–Kier alpha value is -1.46. The van der Waals surface area contributed by atoms with Crippen molar-refractivity contribution in [2.75, 3.05) is 0 Å². The summed E-state index contributed by atoms with van der Waals surface area (Å²) in [6.07, 6.45) is 1.19. The fraction of sp³-hybridized carbons (Fsp3) is 0. The van der Waals surface area contributed by atoms with Crippen molar-refractivity contribution >= 4 is 23.2 Å². The van der Waals surface area contributed by atoms with E-state index in [1.54, 1.807) is 0 Å². The second-order valence-electron chi connectivity index (χ2n) is 2.87. The highest BCUT2D eigenvalue weighted by atomic mass is 35.5. The minimum Gasteiger partial charge on any atom is -0.328 e. The van der Waals surface area contributed by atoms with E-state index in [4.69, 9.17) is 23.2 Å². The van der Waals surface area contributed by atoms with Crippen LogP contribution in [0.3, 0.4) is 0 Å². The van der Waals surface area contributed by atoms with E-state index in [2.05, 4.69) is 15.0 Å². The Morgan fingerprint density at radius 2 is 1.88 bits per heavy atom. The van der Waals surface area contributed by atoms with Crippen LogP contribution in [0.1, 0.15) is 0 Å². The molecule has 0 saturated heterocycles. The number of nitrogens with one attached hydrogen (secondary N) is 1. The molecule has 0 aliphatic rings. The molecule has 0 aromatic carbocycles. The van der Waals surface area contributed by atoms with Crippen molar-refractivity contribution in [3.63, 3.8) is 0 Å². The van der Waals surface area contributed by atoms with Gasteiger partial charge in [0.05, 0.1) is 0 Å². The second kappa shape index (κ2) is 4.19. The van der Waals surface area contributed by atoms with E-state index in [0.717, 1.165) is 6.07 Å². The fourth-order valence-corrected chi connectivity index (χ4v) is 1.59. The van der Waals surface area contributed by atoms with Gasteiger partial charge in [-0.1, -0.05) is 23.2 Å². The van der Waals surface area contributed by atoms with Gasteiger partial charge in [0.25, 0.3) is 5.56 Å². The molecule has 0 aliphatic carbocycles. The van der Waals surface area contributed by atoms with Crippen molar-refractivity contribution in [1.82, 2.24) is 15.0 Å². The van der Waals surface area contributed by atoms with Crippen LogP contribution in [-0.4, -0.2) is 15.0 Å². The fourth-order valence-electron chi connectivity index (χ4n) is 1.16. The van der Waals surface area contributed by atoms with Crippen molar-refractivity contribution < 1.29 is 4.39 Å². The van der Waals surface area contributed by atoms with E-state index >= 15 is 0 Å². The summed E-state index contributed by atoms with van der Waals surface area (Å²) >= 11 is 11.3. The standard InChI is InChI=1S/C9H4Cl2FN3O/c10-5-3-6(11)15-8(14-5)7-4(12)1-2-13-9(7)16/h1-3H,(H,13,16). The van der Waals surface area contributed by atoms with Gasteiger partial charge in [-0.2, -0.15) is 0 Å². The summed E-state index contributed by atoms with van der Waals surface area (Å²) < 4.78 is 13.4. The molecule has 2 heterocycles. The van der Waals surface area contributed by atoms with Crippen molar-refractivity contribution in [3.05, 3.63) is 44.8 Å². The SMILES string of the molecule is O=c1[nH]ccc(F)c1-c1nc(Cl)cc(Cl)n1. The Kier molecular flexibility index (Phi) is 2.89. The lowest BCUT2D eigenvalue weighted by Gasteiger charge is -2.01. The molecule has 82 valence electrons. The number of aromatic nitrogens is 3. The number of rotatable bonds is 1. The zero-order valence-corrected chi connectivity index (χ0v) is 9.18. The first kappa shape index (κ1) is 11.0. The summed E-state index contributed by atoms with van der Waals surface area (Å²) in [4.78, 5) is 21.2. The number of nitrogens with zero attached hydrogens (tertiary/aromatic N) is 2. The summed E-state index contributed by atoms with van der Waals surface area (Å²) in [6.45, 7) is 0. The maximum atomic E-state index is 13.4. The van der Waals surface area contributed by atoms with E-state index < -0.39 is 11.4 Å². The van der Waals surface area contributed by atoms with Crippen LogP contribution in [0.4, 0.5) is 4.39 Å². The van der Waals surface area contributed by atoms with E-state index in [-0.39, 0.29) is 21.7 Å². The number of pyridine rings is 1. The van der Waals surface area contributed by atoms with Crippen LogP contribution in [-0.2, 0) is 0 Å². The molecule has 2 rings (SSSR count). The summed E-state index contributed by atoms with van der Waals surface area (Å²) in [6, 6.07) is 2.39. The van der Waals surface area contributed by atoms with Crippen LogP contribution in [0.5, 0.6) is 0 Å². The van der Waals surface area contributed by atoms with Gasteiger partial charge in [0.1, 0.15) is 21.7 Å². The zero-order valence-electron chi connectivity index (χ0n) is 7.67. The molecular formula is C9H4Cl2FN3O. The third-order valence-electron chi connectivity index (χ3n) is 1.80. The number of hydrogen-bond acceptors (Lipinski definition) is 3. The highest BCUT2D eigenvalue weighted by Crippen LogP contribution is 2.19. The van der Waals surface area contributed by atoms with Gasteiger partial charge in [-0.05, 0) is 6.07 Å². The molecule has 4 nitrogen and oxygen atoms in total. The number of halogens is 3. The van der Waals surface area contributed by atoms with Gasteiger partial charge in [-0.3, -0.25) is 4.79 Å². The van der Waals surface area contributed by atoms with Crippen LogP contribution in [0.25, 0.3) is 11.4 Å². The number of hydrogen-bond donors (Lipinski definition) is 1. The van der Waals surface area contributed by atoms with E-state index in [9.17, 15) is 9.18 Å². The maximum absolute atomic E-state index is 13.4. The second-order valence-corrected chi connectivity index (χ2v) is 3.64. The molecule has 0 unspecified atom stereocenters. The van der Waals surface area contributed by atoms with Crippen molar-refractivity contribution in [3.8, 4) is 11.4 Å². The molecule has 0 atom stereocenters. The molecule has 16 heavy (non-hydrogen) atoms. The Morgan fingerprint density at radius 3 is 2.44 bits per heavy atom. The molecule has 2 aromatic heterocycles. The van der Waals surface area contributed by atoms with Crippen LogP contribution in [0, 0.1) is 5.82 Å². The van der Waals surface area contributed by atoms with Crippen molar-refractivity contribution in [2.24, 2.45) is 0 Å². The molecular weight excluding hydrogens is 256 g/mol. The van der Waals surface area contributed by atoms with Crippen LogP contribution in [0.2, 0.25) is 10.3 Å². The van der Waals surface area contributed by atoms with Gasteiger partial charge in [-0.25, -0.2) is 14.4 Å². The minimum absolute atomic E-state index is 0.0395. The van der Waals surface area contributed by atoms with E-state index in [1.165, 1.54) is 12.3 Å². The smallest absolute Gasteiger partial charge is 0.262 e.